The van der Waals surface area contributed by atoms with Crippen LogP contribution in [0.5, 0.6) is 0 Å². The van der Waals surface area contributed by atoms with Crippen LogP contribution in [0.2, 0.25) is 0 Å². The molecule has 2 aromatic heterocycles. The number of nitrogens with two attached hydrogens (primary N) is 1. The summed E-state index contributed by atoms with van der Waals surface area (Å²) in [4.78, 5) is 57.8. The molecule has 3 aromatic rings. The number of hydrogen-bond donors (Lipinski definition) is 5. The Morgan fingerprint density at radius 2 is 1.90 bits per heavy atom. The number of amides is 1. The van der Waals surface area contributed by atoms with E-state index in [1.807, 2.05) is 6.92 Å². The second-order valence-electron chi connectivity index (χ2n) is 6.07. The minimum absolute atomic E-state index is 0.0276. The molecule has 0 saturated carbocycles. The number of benzene rings is 1. The monoisotopic (exact) mass is 427 g/mol. The van der Waals surface area contributed by atoms with Crippen molar-refractivity contribution in [1.82, 2.24) is 25.3 Å². The van der Waals surface area contributed by atoms with Crippen molar-refractivity contribution in [1.29, 1.82) is 0 Å². The molecule has 3 rings (SSSR count). The van der Waals surface area contributed by atoms with Crippen LogP contribution >= 0.6 is 0 Å². The number of nitrogens with zero attached hydrogens (tertiary/aromatic N) is 3. The van der Waals surface area contributed by atoms with Gasteiger partial charge in [-0.2, -0.15) is 4.98 Å². The number of carboxylic acids is 1. The maximum Gasteiger partial charge on any atom is 0.322 e. The number of aromatic amines is 1. The quantitative estimate of drug-likeness (QED) is 0.328. The van der Waals surface area contributed by atoms with E-state index < -0.39 is 24.0 Å². The van der Waals surface area contributed by atoms with Gasteiger partial charge in [0.15, 0.2) is 11.2 Å². The SMILES string of the molecule is CCC=O.Nc1nc2ncc(CNc3ccc(C(=O)NCC(=O)O)cc3)nc2c(=O)[nH]1. The number of nitrogens with one attached hydrogen (secondary N) is 3. The minimum Gasteiger partial charge on any atom is -0.480 e. The molecule has 1 aromatic carbocycles. The number of hydrogen-bond acceptors (Lipinski definition) is 9. The lowest BCUT2D eigenvalue weighted by Gasteiger charge is -2.08. The standard InChI is InChI=1S/C16H15N7O4.C3H6O/c17-16-22-13-12(15(27)23-16)21-10(6-19-13)5-18-9-3-1-8(2-4-9)14(26)20-7-11(24)25;1-2-3-4/h1-4,6,18H,5,7H2,(H,20,26)(H,24,25)(H3,17,19,22,23,27);3H,2H2,1H3. The van der Waals surface area contributed by atoms with Crippen LogP contribution in [-0.4, -0.2) is 49.7 Å². The first-order chi connectivity index (χ1) is 14.8. The van der Waals surface area contributed by atoms with Gasteiger partial charge in [0.25, 0.3) is 11.5 Å². The molecule has 0 fully saturated rings. The van der Waals surface area contributed by atoms with Gasteiger partial charge in [0, 0.05) is 17.7 Å². The van der Waals surface area contributed by atoms with Crippen molar-refractivity contribution in [3.05, 3.63) is 52.1 Å². The van der Waals surface area contributed by atoms with E-state index in [0.717, 1.165) is 6.29 Å². The number of aldehydes is 1. The molecular formula is C19H21N7O5. The summed E-state index contributed by atoms with van der Waals surface area (Å²) in [7, 11) is 0. The first kappa shape index (κ1) is 22.9. The van der Waals surface area contributed by atoms with Gasteiger partial charge in [-0.3, -0.25) is 19.4 Å². The van der Waals surface area contributed by atoms with Crippen LogP contribution in [0.15, 0.2) is 35.3 Å². The van der Waals surface area contributed by atoms with Crippen molar-refractivity contribution in [2.24, 2.45) is 0 Å². The topological polar surface area (TPSA) is 193 Å². The van der Waals surface area contributed by atoms with Crippen LogP contribution in [0.25, 0.3) is 11.2 Å². The van der Waals surface area contributed by atoms with Gasteiger partial charge in [-0.15, -0.1) is 0 Å². The van der Waals surface area contributed by atoms with E-state index in [-0.39, 0.29) is 23.7 Å². The van der Waals surface area contributed by atoms with Crippen molar-refractivity contribution >= 4 is 41.0 Å². The molecule has 0 bridgehead atoms. The highest BCUT2D eigenvalue weighted by Crippen LogP contribution is 2.11. The Morgan fingerprint density at radius 1 is 1.23 bits per heavy atom. The highest BCUT2D eigenvalue weighted by atomic mass is 16.4. The van der Waals surface area contributed by atoms with Crippen molar-refractivity contribution in [3.8, 4) is 0 Å². The summed E-state index contributed by atoms with van der Waals surface area (Å²) in [6.45, 7) is 1.66. The van der Waals surface area contributed by atoms with Gasteiger partial charge in [-0.1, -0.05) is 6.92 Å². The number of nitrogen functional groups attached to an aromatic ring is 1. The lowest BCUT2D eigenvalue weighted by atomic mass is 10.2. The molecule has 0 aliphatic rings. The maximum atomic E-state index is 11.8. The number of carboxylic acid groups (broad SMARTS) is 1. The van der Waals surface area contributed by atoms with Crippen LogP contribution in [0, 0.1) is 0 Å². The molecule has 0 aliphatic carbocycles. The van der Waals surface area contributed by atoms with Crippen LogP contribution < -0.4 is 21.9 Å². The second kappa shape index (κ2) is 11.0. The largest absolute Gasteiger partial charge is 0.480 e. The summed E-state index contributed by atoms with van der Waals surface area (Å²) < 4.78 is 0. The summed E-state index contributed by atoms with van der Waals surface area (Å²) in [5.41, 5.74) is 6.80. The molecule has 0 atom stereocenters. The van der Waals surface area contributed by atoms with Gasteiger partial charge in [0.2, 0.25) is 5.95 Å². The third kappa shape index (κ3) is 6.88. The molecule has 12 nitrogen and oxygen atoms in total. The molecule has 0 radical (unpaired) electrons. The third-order valence-electron chi connectivity index (χ3n) is 3.67. The zero-order valence-electron chi connectivity index (χ0n) is 16.6. The first-order valence-electron chi connectivity index (χ1n) is 9.13. The normalized spacial score (nSPS) is 9.97. The Labute approximate surface area is 175 Å². The smallest absolute Gasteiger partial charge is 0.322 e. The van der Waals surface area contributed by atoms with E-state index in [1.54, 1.807) is 24.3 Å². The van der Waals surface area contributed by atoms with Gasteiger partial charge >= 0.3 is 5.97 Å². The summed E-state index contributed by atoms with van der Waals surface area (Å²) in [6.07, 6.45) is 2.99. The molecule has 6 N–H and O–H groups in total. The second-order valence-corrected chi connectivity index (χ2v) is 6.07. The molecule has 12 heteroatoms. The highest BCUT2D eigenvalue weighted by Gasteiger charge is 2.08. The fourth-order valence-electron chi connectivity index (χ4n) is 2.25. The van der Waals surface area contributed by atoms with E-state index in [1.165, 1.54) is 6.20 Å². The number of H-pyrrole nitrogens is 1. The van der Waals surface area contributed by atoms with E-state index >= 15 is 0 Å². The van der Waals surface area contributed by atoms with Crippen LogP contribution in [0.3, 0.4) is 0 Å². The van der Waals surface area contributed by atoms with Crippen molar-refractivity contribution in [3.63, 3.8) is 0 Å². The molecule has 0 aliphatic heterocycles. The van der Waals surface area contributed by atoms with E-state index in [2.05, 4.69) is 30.6 Å². The minimum atomic E-state index is -1.12. The highest BCUT2D eigenvalue weighted by molar-refractivity contribution is 5.96. The average Bonchev–Trinajstić information content (AvgIpc) is 2.76. The average molecular weight is 427 g/mol. The van der Waals surface area contributed by atoms with Crippen molar-refractivity contribution in [2.75, 3.05) is 17.6 Å². The molecule has 2 heterocycles. The number of fused-ring (bicyclic) bond motifs is 1. The molecule has 0 saturated heterocycles. The number of carbonyl (C=O) groups excluding carboxylic acids is 2. The van der Waals surface area contributed by atoms with Gasteiger partial charge in [0.05, 0.1) is 18.4 Å². The molecule has 1 amide bonds. The Bertz CT molecular complexity index is 1130. The summed E-state index contributed by atoms with van der Waals surface area (Å²) in [5.74, 6) is -1.62. The lowest BCUT2D eigenvalue weighted by Crippen LogP contribution is -2.29. The summed E-state index contributed by atoms with van der Waals surface area (Å²) in [5, 5.41) is 13.9. The van der Waals surface area contributed by atoms with Crippen LogP contribution in [0.4, 0.5) is 11.6 Å². The van der Waals surface area contributed by atoms with Gasteiger partial charge in [-0.05, 0) is 24.3 Å². The Kier molecular flexibility index (Phi) is 8.13. The molecule has 31 heavy (non-hydrogen) atoms. The Morgan fingerprint density at radius 3 is 2.52 bits per heavy atom. The fourth-order valence-corrected chi connectivity index (χ4v) is 2.25. The van der Waals surface area contributed by atoms with Crippen molar-refractivity contribution < 1.29 is 19.5 Å². The molecule has 162 valence electrons. The zero-order valence-corrected chi connectivity index (χ0v) is 16.6. The molecule has 0 spiro atoms. The zero-order chi connectivity index (χ0) is 22.8. The predicted molar refractivity (Wildman–Crippen MR) is 112 cm³/mol. The number of carbonyl (C=O) groups is 3. The van der Waals surface area contributed by atoms with Crippen LogP contribution in [0.1, 0.15) is 29.4 Å². The number of anilines is 2. The summed E-state index contributed by atoms with van der Waals surface area (Å²) in [6, 6.07) is 6.45. The number of aliphatic carboxylic acids is 1. The fraction of sp³-hybridized carbons (Fsp3) is 0.211. The maximum absolute atomic E-state index is 11.8. The van der Waals surface area contributed by atoms with Gasteiger partial charge in [-0.25, -0.2) is 9.97 Å². The third-order valence-corrected chi connectivity index (χ3v) is 3.67. The lowest BCUT2D eigenvalue weighted by molar-refractivity contribution is -0.135. The van der Waals surface area contributed by atoms with Gasteiger partial charge < -0.3 is 26.3 Å². The molecular weight excluding hydrogens is 406 g/mol. The Balaban J connectivity index is 0.000000785. The predicted octanol–water partition coefficient (Wildman–Crippen LogP) is 0.317. The molecule has 0 unspecified atom stereocenters. The van der Waals surface area contributed by atoms with E-state index in [0.29, 0.717) is 23.4 Å². The number of aromatic nitrogens is 4. The first-order valence-corrected chi connectivity index (χ1v) is 9.13. The number of rotatable bonds is 7. The van der Waals surface area contributed by atoms with E-state index in [9.17, 15) is 19.2 Å². The summed E-state index contributed by atoms with van der Waals surface area (Å²) >= 11 is 0. The van der Waals surface area contributed by atoms with Crippen molar-refractivity contribution in [2.45, 2.75) is 19.9 Å². The van der Waals surface area contributed by atoms with Gasteiger partial charge in [0.1, 0.15) is 12.8 Å². The Hall–Kier alpha value is -4.35. The van der Waals surface area contributed by atoms with E-state index in [4.69, 9.17) is 10.8 Å². The van der Waals surface area contributed by atoms with Crippen LogP contribution in [-0.2, 0) is 16.1 Å².